The van der Waals surface area contributed by atoms with Crippen LogP contribution in [0.4, 0.5) is 4.39 Å². The van der Waals surface area contributed by atoms with Gasteiger partial charge >= 0.3 is 5.97 Å². The highest BCUT2D eigenvalue weighted by atomic mass is 35.5. The topological polar surface area (TPSA) is 48.4 Å². The number of fused-ring (bicyclic) bond motifs is 1. The lowest BCUT2D eigenvalue weighted by atomic mass is 10.1. The molecule has 0 radical (unpaired) electrons. The molecule has 0 spiro atoms. The maximum Gasteiger partial charge on any atom is 0.356 e. The normalized spacial score (nSPS) is 10.7. The predicted molar refractivity (Wildman–Crippen MR) is 93.6 cm³/mol. The van der Waals surface area contributed by atoms with Crippen molar-refractivity contribution in [1.29, 1.82) is 0 Å². The number of rotatable bonds is 4. The Morgan fingerprint density at radius 2 is 2.04 bits per heavy atom. The third-order valence-corrected chi connectivity index (χ3v) is 4.11. The molecule has 0 aliphatic rings. The quantitative estimate of drug-likeness (QED) is 0.633. The van der Waals surface area contributed by atoms with Gasteiger partial charge in [0.2, 0.25) is 0 Å². The molecular formula is C19H15ClFNO3. The van der Waals surface area contributed by atoms with E-state index in [0.29, 0.717) is 11.3 Å². The van der Waals surface area contributed by atoms with Crippen molar-refractivity contribution in [3.05, 3.63) is 70.1 Å². The molecule has 0 fully saturated rings. The standard InChI is InChI=1S/C19H15ClFNO3/c1-11-6-7-16-12(8-11)18(9-17(22-16)19(23)24-2)25-10-13-14(20)4-3-5-15(13)21/h3-9H,10H2,1-2H3. The van der Waals surface area contributed by atoms with Gasteiger partial charge in [0.25, 0.3) is 0 Å². The number of benzene rings is 2. The van der Waals surface area contributed by atoms with Crippen LogP contribution in [-0.4, -0.2) is 18.1 Å². The molecule has 128 valence electrons. The average molecular weight is 360 g/mol. The summed E-state index contributed by atoms with van der Waals surface area (Å²) in [6, 6.07) is 11.5. The van der Waals surface area contributed by atoms with E-state index in [0.717, 1.165) is 10.9 Å². The highest BCUT2D eigenvalue weighted by Gasteiger charge is 2.15. The van der Waals surface area contributed by atoms with Gasteiger partial charge in [0.1, 0.15) is 18.2 Å². The van der Waals surface area contributed by atoms with E-state index in [-0.39, 0.29) is 22.9 Å². The first-order chi connectivity index (χ1) is 12.0. The molecule has 4 nitrogen and oxygen atoms in total. The molecule has 25 heavy (non-hydrogen) atoms. The number of aryl methyl sites for hydroxylation is 1. The Hall–Kier alpha value is -2.66. The van der Waals surface area contributed by atoms with Crippen molar-refractivity contribution < 1.29 is 18.7 Å². The molecule has 0 saturated carbocycles. The Bertz CT molecular complexity index is 939. The minimum Gasteiger partial charge on any atom is -0.488 e. The highest BCUT2D eigenvalue weighted by molar-refractivity contribution is 6.31. The average Bonchev–Trinajstić information content (AvgIpc) is 2.60. The molecule has 0 unspecified atom stereocenters. The second-order valence-electron chi connectivity index (χ2n) is 5.51. The molecule has 1 aromatic heterocycles. The van der Waals surface area contributed by atoms with Crippen molar-refractivity contribution in [3.63, 3.8) is 0 Å². The first kappa shape index (κ1) is 17.2. The number of halogens is 2. The molecule has 6 heteroatoms. The van der Waals surface area contributed by atoms with Gasteiger partial charge in [-0.05, 0) is 31.2 Å². The zero-order valence-electron chi connectivity index (χ0n) is 13.7. The summed E-state index contributed by atoms with van der Waals surface area (Å²) in [7, 11) is 1.28. The minimum atomic E-state index is -0.573. The molecule has 2 aromatic carbocycles. The van der Waals surface area contributed by atoms with Crippen LogP contribution in [0.5, 0.6) is 5.75 Å². The van der Waals surface area contributed by atoms with Crippen molar-refractivity contribution in [1.82, 2.24) is 4.98 Å². The first-order valence-electron chi connectivity index (χ1n) is 7.55. The van der Waals surface area contributed by atoms with Crippen LogP contribution in [0.25, 0.3) is 10.9 Å². The van der Waals surface area contributed by atoms with Gasteiger partial charge in [-0.2, -0.15) is 0 Å². The number of carbonyl (C=O) groups is 1. The molecule has 0 bridgehead atoms. The lowest BCUT2D eigenvalue weighted by Gasteiger charge is -2.12. The lowest BCUT2D eigenvalue weighted by Crippen LogP contribution is -2.06. The minimum absolute atomic E-state index is 0.0703. The zero-order chi connectivity index (χ0) is 18.0. The number of esters is 1. The number of hydrogen-bond donors (Lipinski definition) is 0. The van der Waals surface area contributed by atoms with Gasteiger partial charge in [-0.15, -0.1) is 0 Å². The Kier molecular flexibility index (Phi) is 4.86. The summed E-state index contributed by atoms with van der Waals surface area (Å²) >= 11 is 6.04. The molecule has 3 rings (SSSR count). The van der Waals surface area contributed by atoms with E-state index in [9.17, 15) is 9.18 Å². The number of aromatic nitrogens is 1. The van der Waals surface area contributed by atoms with Gasteiger partial charge in [0.15, 0.2) is 5.69 Å². The smallest absolute Gasteiger partial charge is 0.356 e. The van der Waals surface area contributed by atoms with E-state index < -0.39 is 11.8 Å². The highest BCUT2D eigenvalue weighted by Crippen LogP contribution is 2.29. The van der Waals surface area contributed by atoms with Crippen LogP contribution < -0.4 is 4.74 Å². The molecular weight excluding hydrogens is 345 g/mol. The molecule has 3 aromatic rings. The third-order valence-electron chi connectivity index (χ3n) is 3.75. The van der Waals surface area contributed by atoms with Gasteiger partial charge < -0.3 is 9.47 Å². The van der Waals surface area contributed by atoms with E-state index >= 15 is 0 Å². The molecule has 0 aliphatic heterocycles. The largest absolute Gasteiger partial charge is 0.488 e. The summed E-state index contributed by atoms with van der Waals surface area (Å²) in [5.41, 5.74) is 1.96. The van der Waals surface area contributed by atoms with E-state index in [1.54, 1.807) is 12.1 Å². The van der Waals surface area contributed by atoms with Crippen LogP contribution in [0.2, 0.25) is 5.02 Å². The summed E-state index contributed by atoms with van der Waals surface area (Å²) in [6.07, 6.45) is 0. The van der Waals surface area contributed by atoms with Crippen LogP contribution in [0.3, 0.4) is 0 Å². The summed E-state index contributed by atoms with van der Waals surface area (Å²) in [4.78, 5) is 16.1. The number of nitrogens with zero attached hydrogens (tertiary/aromatic N) is 1. The van der Waals surface area contributed by atoms with Crippen molar-refractivity contribution in [2.75, 3.05) is 7.11 Å². The van der Waals surface area contributed by atoms with Crippen LogP contribution in [0.1, 0.15) is 21.6 Å². The number of carbonyl (C=O) groups excluding carboxylic acids is 1. The SMILES string of the molecule is COC(=O)c1cc(OCc2c(F)cccc2Cl)c2cc(C)ccc2n1. The molecule has 0 amide bonds. The third kappa shape index (κ3) is 3.56. The van der Waals surface area contributed by atoms with Gasteiger partial charge in [-0.1, -0.05) is 29.3 Å². The zero-order valence-corrected chi connectivity index (χ0v) is 14.4. The van der Waals surface area contributed by atoms with E-state index in [4.69, 9.17) is 21.1 Å². The van der Waals surface area contributed by atoms with E-state index in [1.165, 1.54) is 25.3 Å². The molecule has 1 heterocycles. The Balaban J connectivity index is 2.04. The van der Waals surface area contributed by atoms with Gasteiger partial charge in [-0.3, -0.25) is 0 Å². The Morgan fingerprint density at radius 1 is 1.24 bits per heavy atom. The molecule has 0 N–H and O–H groups in total. The van der Waals surface area contributed by atoms with Gasteiger partial charge in [0, 0.05) is 17.0 Å². The summed E-state index contributed by atoms with van der Waals surface area (Å²) in [5.74, 6) is -0.611. The van der Waals surface area contributed by atoms with Gasteiger partial charge in [-0.25, -0.2) is 14.2 Å². The number of ether oxygens (including phenoxy) is 2. The fraction of sp³-hybridized carbons (Fsp3) is 0.158. The second-order valence-corrected chi connectivity index (χ2v) is 5.91. The second kappa shape index (κ2) is 7.07. The Labute approximate surface area is 149 Å². The summed E-state index contributed by atoms with van der Waals surface area (Å²) in [5, 5.41) is 1.00. The fourth-order valence-corrected chi connectivity index (χ4v) is 2.67. The van der Waals surface area contributed by atoms with E-state index in [1.807, 2.05) is 19.1 Å². The molecule has 0 atom stereocenters. The van der Waals surface area contributed by atoms with Gasteiger partial charge in [0.05, 0.1) is 17.6 Å². The number of pyridine rings is 1. The van der Waals surface area contributed by atoms with Crippen LogP contribution in [0.15, 0.2) is 42.5 Å². The van der Waals surface area contributed by atoms with Crippen LogP contribution >= 0.6 is 11.6 Å². The monoisotopic (exact) mass is 359 g/mol. The maximum absolute atomic E-state index is 13.9. The summed E-state index contributed by atoms with van der Waals surface area (Å²) in [6.45, 7) is 1.87. The van der Waals surface area contributed by atoms with Crippen LogP contribution in [0, 0.1) is 12.7 Å². The van der Waals surface area contributed by atoms with Crippen molar-refractivity contribution in [2.24, 2.45) is 0 Å². The van der Waals surface area contributed by atoms with Crippen molar-refractivity contribution in [2.45, 2.75) is 13.5 Å². The van der Waals surface area contributed by atoms with Crippen molar-refractivity contribution in [3.8, 4) is 5.75 Å². The predicted octanol–water partition coefficient (Wildman–Crippen LogP) is 4.70. The fourth-order valence-electron chi connectivity index (χ4n) is 2.46. The Morgan fingerprint density at radius 3 is 2.76 bits per heavy atom. The summed E-state index contributed by atoms with van der Waals surface area (Å²) < 4.78 is 24.5. The van der Waals surface area contributed by atoms with Crippen molar-refractivity contribution >= 4 is 28.5 Å². The maximum atomic E-state index is 13.9. The number of hydrogen-bond acceptors (Lipinski definition) is 4. The first-order valence-corrected chi connectivity index (χ1v) is 7.93. The molecule has 0 saturated heterocycles. The lowest BCUT2D eigenvalue weighted by molar-refractivity contribution is 0.0594. The molecule has 0 aliphatic carbocycles. The van der Waals surface area contributed by atoms with Crippen LogP contribution in [-0.2, 0) is 11.3 Å². The number of methoxy groups -OCH3 is 1. The van der Waals surface area contributed by atoms with E-state index in [2.05, 4.69) is 4.98 Å².